The average molecular weight is 345 g/mol. The zero-order valence-electron chi connectivity index (χ0n) is 13.4. The summed E-state index contributed by atoms with van der Waals surface area (Å²) in [7, 11) is 1.34. The fourth-order valence-electron chi connectivity index (χ4n) is 2.66. The fourth-order valence-corrected chi connectivity index (χ4v) is 3.74. The second-order valence-corrected chi connectivity index (χ2v) is 6.74. The summed E-state index contributed by atoms with van der Waals surface area (Å²) in [6.45, 7) is 0.603. The van der Waals surface area contributed by atoms with E-state index in [1.54, 1.807) is 6.07 Å². The molecule has 5 nitrogen and oxygen atoms in total. The van der Waals surface area contributed by atoms with Gasteiger partial charge in [0.2, 0.25) is 0 Å². The molecule has 24 heavy (non-hydrogen) atoms. The number of nitrogens with one attached hydrogen (secondary N) is 1. The first-order valence-corrected chi connectivity index (χ1v) is 8.66. The molecule has 1 amide bonds. The van der Waals surface area contributed by atoms with E-state index in [4.69, 9.17) is 9.47 Å². The molecule has 0 radical (unpaired) electrons. The number of carbonyl (C=O) groups excluding carboxylic acids is 2. The van der Waals surface area contributed by atoms with Gasteiger partial charge >= 0.3 is 5.97 Å². The maximum Gasteiger partial charge on any atom is 0.340 e. The fraction of sp³-hybridized carbons (Fsp3) is 0.333. The summed E-state index contributed by atoms with van der Waals surface area (Å²) in [6, 6.07) is 11.8. The minimum absolute atomic E-state index is 0.203. The van der Waals surface area contributed by atoms with E-state index >= 15 is 0 Å². The predicted molar refractivity (Wildman–Crippen MR) is 92.5 cm³/mol. The summed E-state index contributed by atoms with van der Waals surface area (Å²) >= 11 is 1.40. The lowest BCUT2D eigenvalue weighted by Gasteiger charge is -2.10. The van der Waals surface area contributed by atoms with Gasteiger partial charge in [-0.3, -0.25) is 4.79 Å². The molecule has 1 aromatic heterocycles. The van der Waals surface area contributed by atoms with Crippen molar-refractivity contribution in [3.05, 3.63) is 52.4 Å². The molecule has 1 N–H and O–H groups in total. The van der Waals surface area contributed by atoms with Gasteiger partial charge < -0.3 is 14.8 Å². The van der Waals surface area contributed by atoms with E-state index in [1.165, 1.54) is 18.4 Å². The first-order valence-electron chi connectivity index (χ1n) is 7.85. The lowest BCUT2D eigenvalue weighted by Crippen LogP contribution is -2.27. The predicted octanol–water partition coefficient (Wildman–Crippen LogP) is 3.24. The summed E-state index contributed by atoms with van der Waals surface area (Å²) < 4.78 is 10.2. The Morgan fingerprint density at radius 2 is 2.12 bits per heavy atom. The van der Waals surface area contributed by atoms with Gasteiger partial charge in [0.1, 0.15) is 11.1 Å². The second-order valence-electron chi connectivity index (χ2n) is 5.60. The van der Waals surface area contributed by atoms with Crippen LogP contribution in [0.25, 0.3) is 0 Å². The number of methoxy groups -OCH3 is 1. The molecule has 1 aliphatic rings. The quantitative estimate of drug-likeness (QED) is 0.845. The second kappa shape index (κ2) is 7.59. The van der Waals surface area contributed by atoms with Gasteiger partial charge in [0.05, 0.1) is 12.7 Å². The zero-order valence-corrected chi connectivity index (χ0v) is 14.2. The van der Waals surface area contributed by atoms with Gasteiger partial charge in [-0.15, -0.1) is 11.3 Å². The van der Waals surface area contributed by atoms with Crippen molar-refractivity contribution >= 4 is 28.2 Å². The largest absolute Gasteiger partial charge is 0.465 e. The molecule has 0 saturated carbocycles. The molecule has 2 aromatic rings. The molecule has 0 aliphatic carbocycles. The van der Waals surface area contributed by atoms with E-state index in [0.717, 1.165) is 16.9 Å². The van der Waals surface area contributed by atoms with Gasteiger partial charge in [-0.2, -0.15) is 0 Å². The van der Waals surface area contributed by atoms with Crippen LogP contribution < -0.4 is 5.32 Å². The summed E-state index contributed by atoms with van der Waals surface area (Å²) in [5.74, 6) is -0.654. The Hall–Kier alpha value is -2.18. The van der Waals surface area contributed by atoms with Crippen molar-refractivity contribution in [1.29, 1.82) is 0 Å². The zero-order chi connectivity index (χ0) is 16.9. The number of hydrogen-bond acceptors (Lipinski definition) is 5. The third-order valence-electron chi connectivity index (χ3n) is 3.87. The standard InChI is InChI=1S/C18H19NO4S/c1-22-18(21)14-11-13(10-12-6-3-2-4-7-12)24-17(14)19-16(20)15-8-5-9-23-15/h2-4,6-7,11,15H,5,8-10H2,1H3,(H,19,20)/t15-/m0/s1. The number of ether oxygens (including phenoxy) is 2. The molecule has 0 spiro atoms. The Kier molecular flexibility index (Phi) is 5.27. The number of anilines is 1. The van der Waals surface area contributed by atoms with Crippen molar-refractivity contribution < 1.29 is 19.1 Å². The summed E-state index contributed by atoms with van der Waals surface area (Å²) in [4.78, 5) is 25.3. The number of carbonyl (C=O) groups is 2. The van der Waals surface area contributed by atoms with Gasteiger partial charge in [-0.1, -0.05) is 30.3 Å². The highest BCUT2D eigenvalue weighted by molar-refractivity contribution is 7.16. The Bertz CT molecular complexity index is 720. The van der Waals surface area contributed by atoms with Crippen molar-refractivity contribution in [2.75, 3.05) is 19.0 Å². The molecule has 6 heteroatoms. The van der Waals surface area contributed by atoms with Crippen molar-refractivity contribution in [2.24, 2.45) is 0 Å². The van der Waals surface area contributed by atoms with E-state index in [2.05, 4.69) is 5.32 Å². The van der Waals surface area contributed by atoms with Crippen molar-refractivity contribution in [2.45, 2.75) is 25.4 Å². The highest BCUT2D eigenvalue weighted by Gasteiger charge is 2.26. The topological polar surface area (TPSA) is 64.6 Å². The molecule has 1 saturated heterocycles. The summed E-state index contributed by atoms with van der Waals surface area (Å²) in [5, 5.41) is 3.35. The number of thiophene rings is 1. The van der Waals surface area contributed by atoms with Crippen LogP contribution in [-0.2, 0) is 20.7 Å². The Balaban J connectivity index is 1.80. The molecule has 1 aliphatic heterocycles. The molecular formula is C18H19NO4S. The maximum absolute atomic E-state index is 12.3. The molecule has 0 unspecified atom stereocenters. The van der Waals surface area contributed by atoms with Gasteiger partial charge in [0.15, 0.2) is 0 Å². The third kappa shape index (κ3) is 3.83. The van der Waals surface area contributed by atoms with Gasteiger partial charge in [-0.05, 0) is 24.5 Å². The van der Waals surface area contributed by atoms with E-state index < -0.39 is 12.1 Å². The van der Waals surface area contributed by atoms with E-state index in [1.807, 2.05) is 30.3 Å². The molecule has 2 heterocycles. The molecule has 3 rings (SSSR count). The van der Waals surface area contributed by atoms with Gasteiger partial charge in [0.25, 0.3) is 5.91 Å². The van der Waals surface area contributed by atoms with Crippen molar-refractivity contribution in [1.82, 2.24) is 0 Å². The smallest absolute Gasteiger partial charge is 0.340 e. The lowest BCUT2D eigenvalue weighted by atomic mass is 10.1. The first kappa shape index (κ1) is 16.7. The minimum atomic E-state index is -0.451. The minimum Gasteiger partial charge on any atom is -0.465 e. The van der Waals surface area contributed by atoms with Gasteiger partial charge in [0, 0.05) is 17.9 Å². The SMILES string of the molecule is COC(=O)c1cc(Cc2ccccc2)sc1NC(=O)[C@@H]1CCCO1. The van der Waals surface area contributed by atoms with Crippen LogP contribution >= 0.6 is 11.3 Å². The van der Waals surface area contributed by atoms with Crippen molar-refractivity contribution in [3.8, 4) is 0 Å². The van der Waals surface area contributed by atoms with Crippen LogP contribution in [0.2, 0.25) is 0 Å². The lowest BCUT2D eigenvalue weighted by molar-refractivity contribution is -0.124. The Labute approximate surface area is 144 Å². The van der Waals surface area contributed by atoms with Crippen LogP contribution in [0.3, 0.4) is 0 Å². The number of amides is 1. The average Bonchev–Trinajstić information content (AvgIpc) is 3.25. The number of esters is 1. The highest BCUT2D eigenvalue weighted by Crippen LogP contribution is 2.31. The van der Waals surface area contributed by atoms with Crippen molar-refractivity contribution in [3.63, 3.8) is 0 Å². The molecular weight excluding hydrogens is 326 g/mol. The maximum atomic E-state index is 12.3. The van der Waals surface area contributed by atoms with Crippen LogP contribution in [0, 0.1) is 0 Å². The summed E-state index contributed by atoms with van der Waals surface area (Å²) in [5.41, 5.74) is 1.53. The molecule has 0 bridgehead atoms. The van der Waals surface area contributed by atoms with Crippen LogP contribution in [0.15, 0.2) is 36.4 Å². The van der Waals surface area contributed by atoms with E-state index in [9.17, 15) is 9.59 Å². The van der Waals surface area contributed by atoms with E-state index in [-0.39, 0.29) is 5.91 Å². The monoisotopic (exact) mass is 345 g/mol. The molecule has 1 aromatic carbocycles. The molecule has 126 valence electrons. The van der Waals surface area contributed by atoms with Crippen LogP contribution in [0.1, 0.15) is 33.6 Å². The highest BCUT2D eigenvalue weighted by atomic mass is 32.1. The number of rotatable bonds is 5. The van der Waals surface area contributed by atoms with E-state index in [0.29, 0.717) is 30.0 Å². The van der Waals surface area contributed by atoms with Crippen LogP contribution in [-0.4, -0.2) is 31.7 Å². The van der Waals surface area contributed by atoms with Gasteiger partial charge in [-0.25, -0.2) is 4.79 Å². The third-order valence-corrected chi connectivity index (χ3v) is 4.92. The number of hydrogen-bond donors (Lipinski definition) is 1. The van der Waals surface area contributed by atoms with Crippen LogP contribution in [0.5, 0.6) is 0 Å². The first-order chi connectivity index (χ1) is 11.7. The normalized spacial score (nSPS) is 16.8. The Morgan fingerprint density at radius 1 is 1.33 bits per heavy atom. The summed E-state index contributed by atoms with van der Waals surface area (Å²) in [6.07, 6.45) is 1.86. The van der Waals surface area contributed by atoms with Crippen LogP contribution in [0.4, 0.5) is 5.00 Å². The molecule has 1 fully saturated rings. The molecule has 1 atom stereocenters. The Morgan fingerprint density at radius 3 is 2.79 bits per heavy atom. The number of benzene rings is 1.